The van der Waals surface area contributed by atoms with E-state index in [1.807, 2.05) is 13.0 Å². The van der Waals surface area contributed by atoms with Gasteiger partial charge in [-0.15, -0.1) is 0 Å². The molecule has 0 bridgehead atoms. The summed E-state index contributed by atoms with van der Waals surface area (Å²) in [5, 5.41) is 21.0. The summed E-state index contributed by atoms with van der Waals surface area (Å²) in [6.07, 6.45) is 1.08. The Hall–Kier alpha value is -2.03. The molecule has 2 rings (SSSR count). The van der Waals surface area contributed by atoms with Crippen LogP contribution in [-0.2, 0) is 0 Å². The van der Waals surface area contributed by atoms with E-state index in [0.717, 1.165) is 5.39 Å². The van der Waals surface area contributed by atoms with E-state index in [1.54, 1.807) is 24.3 Å². The topological polar surface area (TPSA) is 57.5 Å². The van der Waals surface area contributed by atoms with E-state index in [-0.39, 0.29) is 22.8 Å². The zero-order valence-electron chi connectivity index (χ0n) is 9.60. The van der Waals surface area contributed by atoms with Gasteiger partial charge >= 0.3 is 0 Å². The molecule has 0 aliphatic heterocycles. The fourth-order valence-electron chi connectivity index (χ4n) is 1.89. The molecule has 3 nitrogen and oxygen atoms in total. The number of hydrogen-bond acceptors (Lipinski definition) is 3. The Morgan fingerprint density at radius 2 is 1.88 bits per heavy atom. The fourth-order valence-corrected chi connectivity index (χ4v) is 1.89. The van der Waals surface area contributed by atoms with Gasteiger partial charge in [-0.2, -0.15) is 0 Å². The third-order valence-corrected chi connectivity index (χ3v) is 2.77. The third-order valence-electron chi connectivity index (χ3n) is 2.77. The molecule has 17 heavy (non-hydrogen) atoms. The number of ketones is 1. The van der Waals surface area contributed by atoms with Crippen LogP contribution in [0.15, 0.2) is 30.3 Å². The van der Waals surface area contributed by atoms with Crippen LogP contribution in [0.4, 0.5) is 0 Å². The maximum absolute atomic E-state index is 11.8. The largest absolute Gasteiger partial charge is 0.504 e. The lowest BCUT2D eigenvalue weighted by Gasteiger charge is -2.08. The maximum atomic E-state index is 11.8. The first-order valence-electron chi connectivity index (χ1n) is 5.62. The van der Waals surface area contributed by atoms with Crippen LogP contribution in [0.1, 0.15) is 30.1 Å². The van der Waals surface area contributed by atoms with Gasteiger partial charge in [0, 0.05) is 11.8 Å². The normalized spacial score (nSPS) is 10.6. The highest BCUT2D eigenvalue weighted by Crippen LogP contribution is 2.37. The highest BCUT2D eigenvalue weighted by molar-refractivity contribution is 6.05. The molecule has 2 aromatic rings. The van der Waals surface area contributed by atoms with Crippen molar-refractivity contribution in [2.75, 3.05) is 0 Å². The molecular formula is C14H14O3. The summed E-state index contributed by atoms with van der Waals surface area (Å²) in [7, 11) is 0. The first-order chi connectivity index (χ1) is 8.15. The maximum Gasteiger partial charge on any atom is 0.169 e. The van der Waals surface area contributed by atoms with Crippen LogP contribution in [0.25, 0.3) is 10.8 Å². The second-order valence-corrected chi connectivity index (χ2v) is 4.02. The molecule has 0 radical (unpaired) electrons. The van der Waals surface area contributed by atoms with Gasteiger partial charge in [0.15, 0.2) is 17.3 Å². The van der Waals surface area contributed by atoms with Gasteiger partial charge in [-0.3, -0.25) is 4.79 Å². The van der Waals surface area contributed by atoms with Crippen molar-refractivity contribution in [1.29, 1.82) is 0 Å². The van der Waals surface area contributed by atoms with Crippen LogP contribution in [0.3, 0.4) is 0 Å². The molecule has 0 aliphatic rings. The molecule has 2 aromatic carbocycles. The Kier molecular flexibility index (Phi) is 3.00. The van der Waals surface area contributed by atoms with Crippen molar-refractivity contribution in [2.24, 2.45) is 0 Å². The number of Topliss-reactive ketones (excluding diaryl/α,β-unsaturated/α-hetero) is 1. The van der Waals surface area contributed by atoms with Crippen LogP contribution in [0.2, 0.25) is 0 Å². The van der Waals surface area contributed by atoms with E-state index in [1.165, 1.54) is 0 Å². The van der Waals surface area contributed by atoms with Crippen LogP contribution in [-0.4, -0.2) is 16.0 Å². The standard InChI is InChI=1S/C14H14O3/c1-2-5-12(15)11-8-9-6-3-4-7-10(9)13(16)14(11)17/h3-4,6-8,16-17H,2,5H2,1H3. The van der Waals surface area contributed by atoms with Crippen LogP contribution < -0.4 is 0 Å². The van der Waals surface area contributed by atoms with Crippen LogP contribution >= 0.6 is 0 Å². The Morgan fingerprint density at radius 1 is 1.18 bits per heavy atom. The minimum absolute atomic E-state index is 0.147. The summed E-state index contributed by atoms with van der Waals surface area (Å²) in [5.41, 5.74) is 0.197. The Labute approximate surface area is 99.3 Å². The van der Waals surface area contributed by atoms with E-state index in [2.05, 4.69) is 0 Å². The SMILES string of the molecule is CCCC(=O)c1cc2ccccc2c(O)c1O. The van der Waals surface area contributed by atoms with Crippen molar-refractivity contribution in [3.8, 4) is 11.5 Å². The number of phenols is 2. The lowest BCUT2D eigenvalue weighted by Crippen LogP contribution is -1.99. The number of phenolic OH excluding ortho intramolecular Hbond substituents is 2. The van der Waals surface area contributed by atoms with E-state index < -0.39 is 0 Å². The molecule has 0 atom stereocenters. The van der Waals surface area contributed by atoms with E-state index in [4.69, 9.17) is 0 Å². The van der Waals surface area contributed by atoms with Gasteiger partial charge in [0.25, 0.3) is 0 Å². The highest BCUT2D eigenvalue weighted by atomic mass is 16.3. The highest BCUT2D eigenvalue weighted by Gasteiger charge is 2.16. The number of hydrogen-bond donors (Lipinski definition) is 2. The van der Waals surface area contributed by atoms with Crippen molar-refractivity contribution >= 4 is 16.6 Å². The molecule has 0 saturated carbocycles. The van der Waals surface area contributed by atoms with Crippen molar-refractivity contribution in [2.45, 2.75) is 19.8 Å². The monoisotopic (exact) mass is 230 g/mol. The van der Waals surface area contributed by atoms with Gasteiger partial charge < -0.3 is 10.2 Å². The van der Waals surface area contributed by atoms with Crippen molar-refractivity contribution in [3.63, 3.8) is 0 Å². The minimum Gasteiger partial charge on any atom is -0.504 e. The summed E-state index contributed by atoms with van der Waals surface area (Å²) < 4.78 is 0. The molecule has 3 heteroatoms. The lowest BCUT2D eigenvalue weighted by atomic mass is 10.00. The first-order valence-corrected chi connectivity index (χ1v) is 5.62. The molecule has 88 valence electrons. The molecule has 0 saturated heterocycles. The van der Waals surface area contributed by atoms with E-state index >= 15 is 0 Å². The second-order valence-electron chi connectivity index (χ2n) is 4.02. The van der Waals surface area contributed by atoms with Gasteiger partial charge in [0.2, 0.25) is 0 Å². The van der Waals surface area contributed by atoms with E-state index in [9.17, 15) is 15.0 Å². The molecule has 0 unspecified atom stereocenters. The van der Waals surface area contributed by atoms with Crippen molar-refractivity contribution in [3.05, 3.63) is 35.9 Å². The first kappa shape index (κ1) is 11.5. The lowest BCUT2D eigenvalue weighted by molar-refractivity contribution is 0.0978. The summed E-state index contributed by atoms with van der Waals surface area (Å²) in [6, 6.07) is 8.74. The van der Waals surface area contributed by atoms with E-state index in [0.29, 0.717) is 18.2 Å². The van der Waals surface area contributed by atoms with Crippen molar-refractivity contribution in [1.82, 2.24) is 0 Å². The smallest absolute Gasteiger partial charge is 0.169 e. The predicted molar refractivity (Wildman–Crippen MR) is 66.5 cm³/mol. The zero-order valence-corrected chi connectivity index (χ0v) is 9.60. The minimum atomic E-state index is -0.317. The molecule has 0 spiro atoms. The van der Waals surface area contributed by atoms with Crippen molar-refractivity contribution < 1.29 is 15.0 Å². The molecule has 0 aliphatic carbocycles. The Morgan fingerprint density at radius 3 is 2.59 bits per heavy atom. The second kappa shape index (κ2) is 4.45. The Bertz CT molecular complexity index is 573. The van der Waals surface area contributed by atoms with Gasteiger partial charge in [-0.1, -0.05) is 31.2 Å². The number of rotatable bonds is 3. The van der Waals surface area contributed by atoms with Crippen LogP contribution in [0, 0.1) is 0 Å². The van der Waals surface area contributed by atoms with Crippen LogP contribution in [0.5, 0.6) is 11.5 Å². The summed E-state index contributed by atoms with van der Waals surface area (Å²) in [6.45, 7) is 1.90. The average Bonchev–Trinajstić information content (AvgIpc) is 2.34. The van der Waals surface area contributed by atoms with Gasteiger partial charge in [0.05, 0.1) is 5.56 Å². The number of carbonyl (C=O) groups excluding carboxylic acids is 1. The summed E-state index contributed by atoms with van der Waals surface area (Å²) in [4.78, 5) is 11.8. The third kappa shape index (κ3) is 1.96. The molecule has 0 fully saturated rings. The molecule has 2 N–H and O–H groups in total. The zero-order chi connectivity index (χ0) is 12.4. The molecule has 0 aromatic heterocycles. The quantitative estimate of drug-likeness (QED) is 0.628. The number of aromatic hydroxyl groups is 2. The average molecular weight is 230 g/mol. The number of fused-ring (bicyclic) bond motifs is 1. The van der Waals surface area contributed by atoms with Gasteiger partial charge in [0.1, 0.15) is 0 Å². The fraction of sp³-hybridized carbons (Fsp3) is 0.214. The Balaban J connectivity index is 2.65. The number of carbonyl (C=O) groups is 1. The number of benzene rings is 2. The van der Waals surface area contributed by atoms with Gasteiger partial charge in [-0.25, -0.2) is 0 Å². The summed E-state index contributed by atoms with van der Waals surface area (Å²) >= 11 is 0. The molecular weight excluding hydrogens is 216 g/mol. The molecule has 0 heterocycles. The summed E-state index contributed by atoms with van der Waals surface area (Å²) in [5.74, 6) is -0.684. The molecule has 0 amide bonds. The van der Waals surface area contributed by atoms with Gasteiger partial charge in [-0.05, 0) is 17.9 Å². The predicted octanol–water partition coefficient (Wildman–Crippen LogP) is 3.23.